The van der Waals surface area contributed by atoms with Crippen molar-refractivity contribution in [1.29, 1.82) is 0 Å². The van der Waals surface area contributed by atoms with E-state index in [0.717, 1.165) is 5.69 Å². The van der Waals surface area contributed by atoms with Crippen LogP contribution in [0.1, 0.15) is 5.56 Å². The summed E-state index contributed by atoms with van der Waals surface area (Å²) in [5.41, 5.74) is 15.8. The summed E-state index contributed by atoms with van der Waals surface area (Å²) in [6.07, 6.45) is 0. The number of anilines is 3. The van der Waals surface area contributed by atoms with Gasteiger partial charge in [-0.2, -0.15) is 0 Å². The van der Waals surface area contributed by atoms with Crippen molar-refractivity contribution in [3.05, 3.63) is 194 Å². The minimum atomic E-state index is 1.16. The lowest BCUT2D eigenvalue weighted by Crippen LogP contribution is -2.15. The Morgan fingerprint density at radius 2 is 0.885 bits per heavy atom. The first-order chi connectivity index (χ1) is 25.7. The van der Waals surface area contributed by atoms with Crippen LogP contribution in [0.4, 0.5) is 17.1 Å². The van der Waals surface area contributed by atoms with Gasteiger partial charge in [-0.1, -0.05) is 133 Å². The average Bonchev–Trinajstić information content (AvgIpc) is 3.54. The molecule has 246 valence electrons. The van der Waals surface area contributed by atoms with Crippen LogP contribution < -0.4 is 4.90 Å². The maximum absolute atomic E-state index is 2.41. The van der Waals surface area contributed by atoms with Gasteiger partial charge in [0.15, 0.2) is 0 Å². The average molecular weight is 683 g/mol. The summed E-state index contributed by atoms with van der Waals surface area (Å²) in [7, 11) is 0. The molecule has 0 saturated carbocycles. The number of hydrogen-bond donors (Lipinski definition) is 0. The second kappa shape index (κ2) is 12.5. The van der Waals surface area contributed by atoms with Gasteiger partial charge in [0.1, 0.15) is 0 Å². The van der Waals surface area contributed by atoms with Crippen LogP contribution in [0.15, 0.2) is 198 Å². The highest BCUT2D eigenvalue weighted by atomic mass is 32.2. The smallest absolute Gasteiger partial charge is 0.0602 e. The van der Waals surface area contributed by atoms with E-state index in [2.05, 4.69) is 204 Å². The van der Waals surface area contributed by atoms with E-state index >= 15 is 0 Å². The highest BCUT2D eigenvalue weighted by Crippen LogP contribution is 2.52. The SMILES string of the molecule is Cc1ccc2c(c1)Sc1cc(-c3ccccc3)ccc1N2c1ccc(-c2ccc(-c3ccc4c(c3)c3ccccc3n4-c3ccccc3)cc2)cc1. The zero-order valence-electron chi connectivity index (χ0n) is 28.7. The molecule has 0 unspecified atom stereocenters. The standard InChI is InChI=1S/C49H34N2S/c1-33-16-27-46-48(30-33)52-49-32-39(34-10-4-2-5-11-34)24-29-47(49)51(46)41-25-21-36(22-26-41)35-17-19-37(20-18-35)38-23-28-45-43(31-38)42-14-8-9-15-44(42)50(45)40-12-6-3-7-13-40/h2-32H,1H3. The third-order valence-corrected chi connectivity index (χ3v) is 11.3. The summed E-state index contributed by atoms with van der Waals surface area (Å²) in [4.78, 5) is 4.95. The van der Waals surface area contributed by atoms with Crippen LogP contribution >= 0.6 is 11.8 Å². The topological polar surface area (TPSA) is 8.17 Å². The highest BCUT2D eigenvalue weighted by Gasteiger charge is 2.25. The van der Waals surface area contributed by atoms with Crippen LogP contribution in [0.3, 0.4) is 0 Å². The molecule has 2 heterocycles. The lowest BCUT2D eigenvalue weighted by atomic mass is 9.98. The maximum Gasteiger partial charge on any atom is 0.0602 e. The van der Waals surface area contributed by atoms with E-state index in [-0.39, 0.29) is 0 Å². The summed E-state index contributed by atoms with van der Waals surface area (Å²) in [6, 6.07) is 68.5. The molecular weight excluding hydrogens is 649 g/mol. The monoisotopic (exact) mass is 682 g/mol. The first kappa shape index (κ1) is 30.5. The number of rotatable bonds is 5. The predicted molar refractivity (Wildman–Crippen MR) is 221 cm³/mol. The van der Waals surface area contributed by atoms with Gasteiger partial charge >= 0.3 is 0 Å². The minimum Gasteiger partial charge on any atom is -0.309 e. The van der Waals surface area contributed by atoms with Gasteiger partial charge < -0.3 is 9.47 Å². The van der Waals surface area contributed by atoms with Gasteiger partial charge in [-0.25, -0.2) is 0 Å². The van der Waals surface area contributed by atoms with Crippen LogP contribution in [0.2, 0.25) is 0 Å². The molecule has 1 aliphatic heterocycles. The summed E-state index contributed by atoms with van der Waals surface area (Å²) >= 11 is 1.86. The zero-order chi connectivity index (χ0) is 34.6. The minimum absolute atomic E-state index is 1.16. The van der Waals surface area contributed by atoms with E-state index in [1.807, 2.05) is 11.8 Å². The Hall–Kier alpha value is -6.29. The largest absolute Gasteiger partial charge is 0.309 e. The number of hydrogen-bond acceptors (Lipinski definition) is 2. The fraction of sp³-hybridized carbons (Fsp3) is 0.0204. The molecule has 0 radical (unpaired) electrons. The third-order valence-electron chi connectivity index (χ3n) is 10.2. The van der Waals surface area contributed by atoms with Gasteiger partial charge in [0.05, 0.1) is 22.4 Å². The predicted octanol–water partition coefficient (Wildman–Crippen LogP) is 14.0. The summed E-state index contributed by atoms with van der Waals surface area (Å²) in [5, 5.41) is 2.53. The van der Waals surface area contributed by atoms with E-state index < -0.39 is 0 Å². The summed E-state index contributed by atoms with van der Waals surface area (Å²) in [5.74, 6) is 0. The van der Waals surface area contributed by atoms with Crippen molar-refractivity contribution in [2.45, 2.75) is 16.7 Å². The van der Waals surface area contributed by atoms with Gasteiger partial charge in [-0.15, -0.1) is 0 Å². The van der Waals surface area contributed by atoms with Gasteiger partial charge in [0.25, 0.3) is 0 Å². The van der Waals surface area contributed by atoms with E-state index in [9.17, 15) is 0 Å². The molecular formula is C49H34N2S. The molecule has 8 aromatic carbocycles. The fourth-order valence-corrected chi connectivity index (χ4v) is 8.87. The molecule has 0 bridgehead atoms. The Morgan fingerprint density at radius 3 is 1.63 bits per heavy atom. The van der Waals surface area contributed by atoms with Crippen molar-refractivity contribution in [3.8, 4) is 39.1 Å². The van der Waals surface area contributed by atoms with Crippen molar-refractivity contribution in [2.75, 3.05) is 4.90 Å². The van der Waals surface area contributed by atoms with Crippen molar-refractivity contribution >= 4 is 50.6 Å². The van der Waals surface area contributed by atoms with E-state index in [1.54, 1.807) is 0 Å². The normalized spacial score (nSPS) is 12.2. The number of benzene rings is 8. The number of aromatic nitrogens is 1. The molecule has 0 aliphatic carbocycles. The van der Waals surface area contributed by atoms with Gasteiger partial charge in [-0.05, 0) is 113 Å². The van der Waals surface area contributed by atoms with Crippen molar-refractivity contribution < 1.29 is 0 Å². The first-order valence-electron chi connectivity index (χ1n) is 17.8. The van der Waals surface area contributed by atoms with Gasteiger partial charge in [0.2, 0.25) is 0 Å². The van der Waals surface area contributed by atoms with Crippen molar-refractivity contribution in [3.63, 3.8) is 0 Å². The Balaban J connectivity index is 0.972. The van der Waals surface area contributed by atoms with Crippen LogP contribution in [0, 0.1) is 6.92 Å². The lowest BCUT2D eigenvalue weighted by Gasteiger charge is -2.33. The second-order valence-electron chi connectivity index (χ2n) is 13.5. The highest BCUT2D eigenvalue weighted by molar-refractivity contribution is 7.99. The summed E-state index contributed by atoms with van der Waals surface area (Å²) < 4.78 is 2.37. The molecule has 10 rings (SSSR count). The number of nitrogens with zero attached hydrogens (tertiary/aromatic N) is 2. The van der Waals surface area contributed by atoms with Gasteiger partial charge in [0, 0.05) is 31.9 Å². The third kappa shape index (κ3) is 5.21. The van der Waals surface area contributed by atoms with Gasteiger partial charge in [-0.3, -0.25) is 0 Å². The Morgan fingerprint density at radius 1 is 0.365 bits per heavy atom. The van der Waals surface area contributed by atoms with E-state index in [0.29, 0.717) is 0 Å². The number of fused-ring (bicyclic) bond motifs is 5. The maximum atomic E-state index is 2.41. The van der Waals surface area contributed by atoms with Crippen LogP contribution in [0.5, 0.6) is 0 Å². The quantitative estimate of drug-likeness (QED) is 0.179. The van der Waals surface area contributed by atoms with E-state index in [4.69, 9.17) is 0 Å². The molecule has 0 fully saturated rings. The van der Waals surface area contributed by atoms with E-state index in [1.165, 1.54) is 87.6 Å². The van der Waals surface area contributed by atoms with Crippen LogP contribution in [0.25, 0.3) is 60.9 Å². The fourth-order valence-electron chi connectivity index (χ4n) is 7.67. The zero-order valence-corrected chi connectivity index (χ0v) is 29.5. The molecule has 0 amide bonds. The molecule has 52 heavy (non-hydrogen) atoms. The molecule has 2 nitrogen and oxygen atoms in total. The molecule has 3 heteroatoms. The van der Waals surface area contributed by atoms with Crippen molar-refractivity contribution in [1.82, 2.24) is 4.57 Å². The number of aryl methyl sites for hydroxylation is 1. The Kier molecular flexibility index (Phi) is 7.33. The second-order valence-corrected chi connectivity index (χ2v) is 14.6. The Bertz CT molecular complexity index is 2750. The van der Waals surface area contributed by atoms with Crippen LogP contribution in [-0.2, 0) is 0 Å². The van der Waals surface area contributed by atoms with Crippen LogP contribution in [-0.4, -0.2) is 4.57 Å². The number of para-hydroxylation sites is 2. The molecule has 9 aromatic rings. The molecule has 1 aromatic heterocycles. The summed E-state index contributed by atoms with van der Waals surface area (Å²) in [6.45, 7) is 2.17. The lowest BCUT2D eigenvalue weighted by molar-refractivity contribution is 1.16. The molecule has 0 saturated heterocycles. The molecule has 1 aliphatic rings. The molecule has 0 spiro atoms. The van der Waals surface area contributed by atoms with Crippen molar-refractivity contribution in [2.24, 2.45) is 0 Å². The Labute approximate surface area is 308 Å². The molecule has 0 atom stereocenters. The molecule has 0 N–H and O–H groups in total. The first-order valence-corrected chi connectivity index (χ1v) is 18.6.